The topological polar surface area (TPSA) is 99.8 Å². The molecule has 2 N–H and O–H groups in total. The Morgan fingerprint density at radius 2 is 1.77 bits per heavy atom. The van der Waals surface area contributed by atoms with Crippen LogP contribution >= 0.6 is 23.2 Å². The Hall–Kier alpha value is -3.29. The Morgan fingerprint density at radius 1 is 1.13 bits per heavy atom. The average molecular weight is 470 g/mol. The number of halogens is 5. The van der Waals surface area contributed by atoms with Crippen LogP contribution in [0, 0.1) is 11.3 Å². The van der Waals surface area contributed by atoms with Gasteiger partial charge in [0.1, 0.15) is 18.6 Å². The van der Waals surface area contributed by atoms with Gasteiger partial charge in [0, 0.05) is 0 Å². The summed E-state index contributed by atoms with van der Waals surface area (Å²) in [4.78, 5) is 28.2. The maximum absolute atomic E-state index is 13.6. The van der Waals surface area contributed by atoms with Gasteiger partial charge in [-0.05, 0) is 24.3 Å². The molecule has 2 aromatic carbocycles. The van der Waals surface area contributed by atoms with E-state index in [0.717, 1.165) is 0 Å². The number of nitriles is 1. The number of anilines is 1. The van der Waals surface area contributed by atoms with Crippen molar-refractivity contribution in [3.8, 4) is 6.07 Å². The number of aromatic nitrogens is 2. The highest BCUT2D eigenvalue weighted by molar-refractivity contribution is 6.40. The fourth-order valence-corrected chi connectivity index (χ4v) is 3.43. The molecule has 3 aromatic rings. The quantitative estimate of drug-likeness (QED) is 0.545. The molecule has 0 unspecified atom stereocenters. The molecule has 7 nitrogen and oxygen atoms in total. The van der Waals surface area contributed by atoms with E-state index in [1.165, 1.54) is 36.4 Å². The molecule has 0 atom stereocenters. The number of nitrogens with one attached hydrogen (secondary N) is 2. The summed E-state index contributed by atoms with van der Waals surface area (Å²) in [6.45, 7) is -1.08. The second-order valence-electron chi connectivity index (χ2n) is 6.18. The zero-order valence-corrected chi connectivity index (χ0v) is 16.9. The number of fused-ring (bicyclic) bond motifs is 1. The van der Waals surface area contributed by atoms with Crippen molar-refractivity contribution in [2.45, 2.75) is 12.7 Å². The number of imidazole rings is 1. The second kappa shape index (κ2) is 8.83. The lowest BCUT2D eigenvalue weighted by atomic mass is 10.2. The summed E-state index contributed by atoms with van der Waals surface area (Å²) < 4.78 is 41.4. The number of nitrogens with zero attached hydrogens (tertiary/aromatic N) is 3. The van der Waals surface area contributed by atoms with Crippen molar-refractivity contribution in [3.63, 3.8) is 0 Å². The van der Waals surface area contributed by atoms with Gasteiger partial charge >= 0.3 is 6.18 Å². The zero-order chi connectivity index (χ0) is 22.8. The van der Waals surface area contributed by atoms with Gasteiger partial charge in [0.15, 0.2) is 0 Å². The molecule has 0 bridgehead atoms. The molecule has 3 rings (SSSR count). The molecular formula is C19H12Cl2F3N5O2. The number of amides is 2. The highest BCUT2D eigenvalue weighted by atomic mass is 35.5. The van der Waals surface area contributed by atoms with E-state index in [9.17, 15) is 22.8 Å². The molecule has 0 radical (unpaired) electrons. The van der Waals surface area contributed by atoms with Crippen molar-refractivity contribution in [2.75, 3.05) is 11.9 Å². The van der Waals surface area contributed by atoms with E-state index in [1.54, 1.807) is 6.07 Å². The third-order valence-electron chi connectivity index (χ3n) is 4.14. The van der Waals surface area contributed by atoms with Gasteiger partial charge in [0.2, 0.25) is 11.7 Å². The van der Waals surface area contributed by atoms with Crippen LogP contribution in [0.15, 0.2) is 36.4 Å². The smallest absolute Gasteiger partial charge is 0.341 e. The number of benzene rings is 2. The third-order valence-corrected chi connectivity index (χ3v) is 4.77. The maximum atomic E-state index is 13.6. The van der Waals surface area contributed by atoms with Gasteiger partial charge in [0.25, 0.3) is 5.91 Å². The van der Waals surface area contributed by atoms with Gasteiger partial charge in [0.05, 0.1) is 32.9 Å². The Labute approximate surface area is 183 Å². The van der Waals surface area contributed by atoms with Crippen molar-refractivity contribution in [1.82, 2.24) is 14.9 Å². The first kappa shape index (κ1) is 22.4. The Balaban J connectivity index is 2.06. The number of para-hydroxylation sites is 1. The molecule has 1 aromatic heterocycles. The van der Waals surface area contributed by atoms with E-state index in [4.69, 9.17) is 28.5 Å². The van der Waals surface area contributed by atoms with Crippen LogP contribution in [0.4, 0.5) is 18.9 Å². The van der Waals surface area contributed by atoms with Crippen LogP contribution in [0.1, 0.15) is 16.2 Å². The SMILES string of the molecule is N#CCNC(=O)Cn1c(C(F)(F)F)nc2c(NC(=O)c3c(Cl)cccc3Cl)cccc21. The summed E-state index contributed by atoms with van der Waals surface area (Å²) >= 11 is 12.0. The van der Waals surface area contributed by atoms with Gasteiger partial charge in [-0.1, -0.05) is 35.3 Å². The van der Waals surface area contributed by atoms with Crippen molar-refractivity contribution in [1.29, 1.82) is 5.26 Å². The van der Waals surface area contributed by atoms with Crippen LogP contribution in [0.3, 0.4) is 0 Å². The zero-order valence-electron chi connectivity index (χ0n) is 15.4. The number of hydrogen-bond donors (Lipinski definition) is 2. The molecule has 0 aliphatic carbocycles. The Kier molecular flexibility index (Phi) is 6.38. The molecule has 0 spiro atoms. The van der Waals surface area contributed by atoms with Crippen molar-refractivity contribution in [3.05, 3.63) is 57.8 Å². The second-order valence-corrected chi connectivity index (χ2v) is 6.99. The van der Waals surface area contributed by atoms with Crippen LogP contribution in [-0.2, 0) is 17.5 Å². The van der Waals surface area contributed by atoms with Crippen LogP contribution < -0.4 is 10.6 Å². The van der Waals surface area contributed by atoms with Crippen molar-refractivity contribution in [2.24, 2.45) is 0 Å². The number of rotatable bonds is 5. The predicted octanol–water partition coefficient (Wildman–Crippen LogP) is 4.25. The first-order chi connectivity index (χ1) is 14.6. The minimum atomic E-state index is -4.87. The molecule has 31 heavy (non-hydrogen) atoms. The first-order valence-electron chi connectivity index (χ1n) is 8.59. The molecule has 2 amide bonds. The average Bonchev–Trinajstić information content (AvgIpc) is 3.06. The summed E-state index contributed by atoms with van der Waals surface area (Å²) in [6, 6.07) is 10.2. The molecule has 0 aliphatic heterocycles. The molecule has 0 fully saturated rings. The van der Waals surface area contributed by atoms with Gasteiger partial charge in [-0.3, -0.25) is 9.59 Å². The van der Waals surface area contributed by atoms with Gasteiger partial charge in [-0.25, -0.2) is 4.98 Å². The lowest BCUT2D eigenvalue weighted by Gasteiger charge is -2.11. The van der Waals surface area contributed by atoms with E-state index in [0.29, 0.717) is 4.57 Å². The lowest BCUT2D eigenvalue weighted by Crippen LogP contribution is -2.29. The highest BCUT2D eigenvalue weighted by Crippen LogP contribution is 2.34. The van der Waals surface area contributed by atoms with Gasteiger partial charge in [-0.2, -0.15) is 18.4 Å². The molecule has 0 saturated heterocycles. The summed E-state index contributed by atoms with van der Waals surface area (Å²) in [5.41, 5.74) is -0.295. The van der Waals surface area contributed by atoms with Crippen LogP contribution in [0.5, 0.6) is 0 Å². The van der Waals surface area contributed by atoms with Crippen molar-refractivity contribution < 1.29 is 22.8 Å². The normalized spacial score (nSPS) is 11.2. The summed E-state index contributed by atoms with van der Waals surface area (Å²) in [5.74, 6) is -2.87. The largest absolute Gasteiger partial charge is 0.449 e. The molecule has 0 aliphatic rings. The van der Waals surface area contributed by atoms with E-state index >= 15 is 0 Å². The molecule has 1 heterocycles. The third kappa shape index (κ3) is 4.73. The maximum Gasteiger partial charge on any atom is 0.449 e. The number of alkyl halides is 3. The lowest BCUT2D eigenvalue weighted by molar-refractivity contribution is -0.147. The molecular weight excluding hydrogens is 458 g/mol. The molecule has 160 valence electrons. The first-order valence-corrected chi connectivity index (χ1v) is 9.34. The minimum Gasteiger partial charge on any atom is -0.341 e. The summed E-state index contributed by atoms with van der Waals surface area (Å²) in [6.07, 6.45) is -4.87. The minimum absolute atomic E-state index is 0.0276. The molecule has 0 saturated carbocycles. The standard InChI is InChI=1S/C19H12Cl2F3N5O2/c20-10-3-1-4-11(21)15(10)17(31)27-12-5-2-6-13-16(12)28-18(19(22,23)24)29(13)9-14(30)26-8-7-25/h1-6H,8-9H2,(H,26,30)(H,27,31). The summed E-state index contributed by atoms with van der Waals surface area (Å²) in [5, 5.41) is 13.3. The monoisotopic (exact) mass is 469 g/mol. The van der Waals surface area contributed by atoms with Crippen LogP contribution in [-0.4, -0.2) is 27.9 Å². The van der Waals surface area contributed by atoms with E-state index in [2.05, 4.69) is 15.6 Å². The van der Waals surface area contributed by atoms with Crippen LogP contribution in [0.25, 0.3) is 11.0 Å². The summed E-state index contributed by atoms with van der Waals surface area (Å²) in [7, 11) is 0. The van der Waals surface area contributed by atoms with E-state index < -0.39 is 30.4 Å². The number of carbonyl (C=O) groups is 2. The number of carbonyl (C=O) groups excluding carboxylic acids is 2. The fraction of sp³-hybridized carbons (Fsp3) is 0.158. The Bertz CT molecular complexity index is 1200. The number of hydrogen-bond acceptors (Lipinski definition) is 4. The predicted molar refractivity (Wildman–Crippen MR) is 108 cm³/mol. The van der Waals surface area contributed by atoms with Gasteiger partial charge in [-0.15, -0.1) is 0 Å². The Morgan fingerprint density at radius 3 is 2.39 bits per heavy atom. The van der Waals surface area contributed by atoms with E-state index in [1.807, 2.05) is 0 Å². The van der Waals surface area contributed by atoms with Crippen LogP contribution in [0.2, 0.25) is 10.0 Å². The fourth-order valence-electron chi connectivity index (χ4n) is 2.86. The van der Waals surface area contributed by atoms with E-state index in [-0.39, 0.29) is 38.9 Å². The highest BCUT2D eigenvalue weighted by Gasteiger charge is 2.38. The molecule has 12 heteroatoms. The van der Waals surface area contributed by atoms with Gasteiger partial charge < -0.3 is 15.2 Å². The van der Waals surface area contributed by atoms with Crippen molar-refractivity contribution >= 4 is 51.7 Å².